The van der Waals surface area contributed by atoms with Crippen LogP contribution in [0.5, 0.6) is 11.5 Å². The van der Waals surface area contributed by atoms with E-state index in [1.165, 1.54) is 0 Å². The van der Waals surface area contributed by atoms with Crippen LogP contribution in [0.15, 0.2) is 53.4 Å². The number of hydrogen-bond donors (Lipinski definition) is 1. The van der Waals surface area contributed by atoms with Gasteiger partial charge in [-0.15, -0.1) is 0 Å². The highest BCUT2D eigenvalue weighted by molar-refractivity contribution is 7.92. The number of urea groups is 1. The van der Waals surface area contributed by atoms with Crippen molar-refractivity contribution < 1.29 is 22.7 Å². The van der Waals surface area contributed by atoms with E-state index in [-0.39, 0.29) is 18.1 Å². The van der Waals surface area contributed by atoms with Crippen LogP contribution in [0.4, 0.5) is 4.79 Å². The first kappa shape index (κ1) is 21.5. The number of hydrogen-bond acceptors (Lipinski definition) is 5. The van der Waals surface area contributed by atoms with Crippen LogP contribution in [0.2, 0.25) is 0 Å². The largest absolute Gasteiger partial charge is 0.493 e. The van der Waals surface area contributed by atoms with Crippen molar-refractivity contribution in [3.05, 3.63) is 54.1 Å². The standard InChI is InChI=1S/C23H28N2O5S/c1-29-21-11-8-16(12-22(21)30-2)15-24-23(26)25-17-9-10-18(25)14-20(13-17)31(27,28)19-6-4-3-5-7-19/h3-8,11-12,17-18,20H,9-10,13-15H2,1-2H3,(H,24,26)/t17-,18+,20?. The van der Waals surface area contributed by atoms with Crippen LogP contribution in [0.3, 0.4) is 0 Å². The SMILES string of the molecule is COc1ccc(CNC(=O)N2[C@@H]3CC[C@H]2CC(S(=O)(=O)c2ccccc2)C3)cc1OC. The van der Waals surface area contributed by atoms with Crippen LogP contribution < -0.4 is 14.8 Å². The Morgan fingerprint density at radius 3 is 2.26 bits per heavy atom. The van der Waals surface area contributed by atoms with Crippen molar-refractivity contribution in [2.24, 2.45) is 0 Å². The molecule has 4 rings (SSSR count). The highest BCUT2D eigenvalue weighted by atomic mass is 32.2. The third-order valence-electron chi connectivity index (χ3n) is 6.33. The fourth-order valence-electron chi connectivity index (χ4n) is 4.77. The lowest BCUT2D eigenvalue weighted by Crippen LogP contribution is -2.52. The molecule has 2 saturated heterocycles. The fourth-order valence-corrected chi connectivity index (χ4v) is 6.65. The number of nitrogens with one attached hydrogen (secondary N) is 1. The molecular formula is C23H28N2O5S. The van der Waals surface area contributed by atoms with Gasteiger partial charge in [0, 0.05) is 18.6 Å². The van der Waals surface area contributed by atoms with Gasteiger partial charge in [0.15, 0.2) is 21.3 Å². The van der Waals surface area contributed by atoms with Crippen molar-refractivity contribution in [3.63, 3.8) is 0 Å². The molecule has 1 N–H and O–H groups in total. The van der Waals surface area contributed by atoms with Crippen molar-refractivity contribution in [2.45, 2.75) is 54.5 Å². The molecule has 2 aromatic rings. The molecular weight excluding hydrogens is 416 g/mol. The number of amides is 2. The summed E-state index contributed by atoms with van der Waals surface area (Å²) < 4.78 is 36.7. The molecule has 166 valence electrons. The van der Waals surface area contributed by atoms with Gasteiger partial charge in [-0.2, -0.15) is 0 Å². The summed E-state index contributed by atoms with van der Waals surface area (Å²) in [5.74, 6) is 1.25. The summed E-state index contributed by atoms with van der Waals surface area (Å²) in [5, 5.41) is 2.54. The Hall–Kier alpha value is -2.74. The van der Waals surface area contributed by atoms with Crippen LogP contribution in [-0.4, -0.2) is 50.9 Å². The lowest BCUT2D eigenvalue weighted by Gasteiger charge is -2.38. The van der Waals surface area contributed by atoms with Gasteiger partial charge in [0.2, 0.25) is 0 Å². The highest BCUT2D eigenvalue weighted by Crippen LogP contribution is 2.40. The number of methoxy groups -OCH3 is 2. The van der Waals surface area contributed by atoms with Gasteiger partial charge in [-0.25, -0.2) is 13.2 Å². The third kappa shape index (κ3) is 4.21. The van der Waals surface area contributed by atoms with Crippen LogP contribution >= 0.6 is 0 Å². The number of sulfone groups is 1. The van der Waals surface area contributed by atoms with E-state index in [0.29, 0.717) is 35.8 Å². The quantitative estimate of drug-likeness (QED) is 0.738. The van der Waals surface area contributed by atoms with Crippen LogP contribution in [0.1, 0.15) is 31.2 Å². The predicted molar refractivity (Wildman–Crippen MR) is 117 cm³/mol. The maximum atomic E-state index is 13.1. The molecule has 0 radical (unpaired) electrons. The van der Waals surface area contributed by atoms with E-state index in [2.05, 4.69) is 5.32 Å². The fraction of sp³-hybridized carbons (Fsp3) is 0.435. The summed E-state index contributed by atoms with van der Waals surface area (Å²) in [6.07, 6.45) is 2.65. The minimum Gasteiger partial charge on any atom is -0.493 e. The van der Waals surface area contributed by atoms with Crippen molar-refractivity contribution in [1.29, 1.82) is 0 Å². The number of fused-ring (bicyclic) bond motifs is 2. The number of rotatable bonds is 6. The van der Waals surface area contributed by atoms with Crippen molar-refractivity contribution >= 4 is 15.9 Å². The zero-order chi connectivity index (χ0) is 22.0. The second-order valence-electron chi connectivity index (χ2n) is 8.09. The summed E-state index contributed by atoms with van der Waals surface area (Å²) in [6, 6.07) is 13.9. The summed E-state index contributed by atoms with van der Waals surface area (Å²) in [6.45, 7) is 0.362. The molecule has 2 amide bonds. The molecule has 2 bridgehead atoms. The molecule has 3 atom stereocenters. The maximum absolute atomic E-state index is 13.1. The molecule has 0 aromatic heterocycles. The maximum Gasteiger partial charge on any atom is 0.318 e. The number of nitrogens with zero attached hydrogens (tertiary/aromatic N) is 1. The van der Waals surface area contributed by atoms with E-state index in [1.54, 1.807) is 38.5 Å². The second kappa shape index (κ2) is 8.78. The Balaban J connectivity index is 1.41. The lowest BCUT2D eigenvalue weighted by atomic mass is 10.0. The third-order valence-corrected chi connectivity index (χ3v) is 8.52. The van der Waals surface area contributed by atoms with E-state index in [0.717, 1.165) is 18.4 Å². The summed E-state index contributed by atoms with van der Waals surface area (Å²) >= 11 is 0. The second-order valence-corrected chi connectivity index (χ2v) is 10.3. The van der Waals surface area contributed by atoms with E-state index in [9.17, 15) is 13.2 Å². The van der Waals surface area contributed by atoms with Crippen molar-refractivity contribution in [2.75, 3.05) is 14.2 Å². The number of carbonyl (C=O) groups excluding carboxylic acids is 1. The van der Waals surface area contributed by atoms with Gasteiger partial charge in [-0.3, -0.25) is 0 Å². The average Bonchev–Trinajstić information content (AvgIpc) is 3.06. The Labute approximate surface area is 183 Å². The number of benzene rings is 2. The Bertz CT molecular complexity index is 1030. The summed E-state index contributed by atoms with van der Waals surface area (Å²) in [4.78, 5) is 15.2. The van der Waals surface area contributed by atoms with Gasteiger partial charge in [0.05, 0.1) is 24.4 Å². The first-order valence-electron chi connectivity index (χ1n) is 10.5. The lowest BCUT2D eigenvalue weighted by molar-refractivity contribution is 0.147. The van der Waals surface area contributed by atoms with Gasteiger partial charge in [0.1, 0.15) is 0 Å². The monoisotopic (exact) mass is 444 g/mol. The summed E-state index contributed by atoms with van der Waals surface area (Å²) in [5.41, 5.74) is 0.903. The Morgan fingerprint density at radius 1 is 1.00 bits per heavy atom. The smallest absolute Gasteiger partial charge is 0.318 e. The van der Waals surface area contributed by atoms with E-state index in [4.69, 9.17) is 9.47 Å². The zero-order valence-electron chi connectivity index (χ0n) is 17.8. The molecule has 0 aliphatic carbocycles. The molecule has 8 heteroatoms. The molecule has 0 spiro atoms. The van der Waals surface area contributed by atoms with Crippen molar-refractivity contribution in [3.8, 4) is 11.5 Å². The minimum absolute atomic E-state index is 0.0485. The molecule has 0 saturated carbocycles. The first-order chi connectivity index (χ1) is 14.9. The zero-order valence-corrected chi connectivity index (χ0v) is 18.6. The van der Waals surface area contributed by atoms with E-state index in [1.807, 2.05) is 29.2 Å². The van der Waals surface area contributed by atoms with Crippen LogP contribution in [-0.2, 0) is 16.4 Å². The minimum atomic E-state index is -3.39. The molecule has 1 unspecified atom stereocenters. The van der Waals surface area contributed by atoms with Crippen LogP contribution in [0, 0.1) is 0 Å². The van der Waals surface area contributed by atoms with Crippen molar-refractivity contribution in [1.82, 2.24) is 10.2 Å². The first-order valence-corrected chi connectivity index (χ1v) is 12.0. The van der Waals surface area contributed by atoms with Gasteiger partial charge >= 0.3 is 6.03 Å². The number of carbonyl (C=O) groups is 1. The Morgan fingerprint density at radius 2 is 1.65 bits per heavy atom. The topological polar surface area (TPSA) is 84.9 Å². The average molecular weight is 445 g/mol. The number of ether oxygens (including phenoxy) is 2. The van der Waals surface area contributed by atoms with E-state index < -0.39 is 15.1 Å². The van der Waals surface area contributed by atoms with Crippen LogP contribution in [0.25, 0.3) is 0 Å². The predicted octanol–water partition coefficient (Wildman–Crippen LogP) is 3.38. The molecule has 7 nitrogen and oxygen atoms in total. The Kier molecular flexibility index (Phi) is 6.09. The van der Waals surface area contributed by atoms with Gasteiger partial charge in [-0.05, 0) is 55.5 Å². The van der Waals surface area contributed by atoms with Gasteiger partial charge < -0.3 is 19.7 Å². The molecule has 31 heavy (non-hydrogen) atoms. The summed E-state index contributed by atoms with van der Waals surface area (Å²) in [7, 11) is -0.236. The molecule has 2 fully saturated rings. The normalized spacial score (nSPS) is 22.8. The molecule has 2 aromatic carbocycles. The highest BCUT2D eigenvalue weighted by Gasteiger charge is 2.47. The number of piperidine rings is 1. The van der Waals surface area contributed by atoms with E-state index >= 15 is 0 Å². The van der Waals surface area contributed by atoms with Gasteiger partial charge in [-0.1, -0.05) is 24.3 Å². The molecule has 2 heterocycles. The molecule has 2 aliphatic heterocycles. The van der Waals surface area contributed by atoms with Gasteiger partial charge in [0.25, 0.3) is 0 Å². The molecule has 2 aliphatic rings.